The first-order valence-corrected chi connectivity index (χ1v) is 6.31. The van der Waals surface area contributed by atoms with Crippen molar-refractivity contribution < 1.29 is 14.1 Å². The van der Waals surface area contributed by atoms with Gasteiger partial charge in [0.2, 0.25) is 5.91 Å². The molecule has 7 nitrogen and oxygen atoms in total. The van der Waals surface area contributed by atoms with Gasteiger partial charge in [0.05, 0.1) is 11.1 Å². The summed E-state index contributed by atoms with van der Waals surface area (Å²) in [5.74, 6) is -0.991. The molecule has 0 aliphatic heterocycles. The highest BCUT2D eigenvalue weighted by atomic mass is 19.1. The predicted molar refractivity (Wildman–Crippen MR) is 77.1 cm³/mol. The molecule has 0 aliphatic rings. The second kappa shape index (κ2) is 6.17. The number of rotatable bonds is 4. The van der Waals surface area contributed by atoms with E-state index in [2.05, 4.69) is 5.32 Å². The smallest absolute Gasteiger partial charge is 0.285 e. The highest BCUT2D eigenvalue weighted by Crippen LogP contribution is 2.14. The molecule has 0 bridgehead atoms. The van der Waals surface area contributed by atoms with Gasteiger partial charge in [-0.05, 0) is 31.2 Å². The molecule has 0 fully saturated rings. The first-order chi connectivity index (χ1) is 10.4. The summed E-state index contributed by atoms with van der Waals surface area (Å²) >= 11 is 0. The molecule has 1 aromatic heterocycles. The average Bonchev–Trinajstić information content (AvgIpc) is 2.49. The third-order valence-corrected chi connectivity index (χ3v) is 3.04. The summed E-state index contributed by atoms with van der Waals surface area (Å²) in [4.78, 5) is 33.9. The number of pyridine rings is 1. The van der Waals surface area contributed by atoms with Gasteiger partial charge in [0.25, 0.3) is 11.2 Å². The number of carbonyl (C=O) groups is 1. The standard InChI is InChI=1S/C14H12FN3O4/c1-9(14(20)16-11-4-2-10(15)3-5-11)17-8-12(18(21)22)6-7-13(17)19/h2-9H,1H3,(H,16,20). The molecule has 2 rings (SSSR count). The van der Waals surface area contributed by atoms with Gasteiger partial charge < -0.3 is 5.32 Å². The zero-order valence-electron chi connectivity index (χ0n) is 11.5. The van der Waals surface area contributed by atoms with Crippen LogP contribution in [-0.4, -0.2) is 15.4 Å². The van der Waals surface area contributed by atoms with E-state index in [4.69, 9.17) is 0 Å². The van der Waals surface area contributed by atoms with Crippen LogP contribution in [0, 0.1) is 15.9 Å². The van der Waals surface area contributed by atoms with E-state index in [-0.39, 0.29) is 5.69 Å². The molecular weight excluding hydrogens is 293 g/mol. The van der Waals surface area contributed by atoms with Crippen molar-refractivity contribution in [1.29, 1.82) is 0 Å². The second-order valence-corrected chi connectivity index (χ2v) is 4.56. The molecule has 1 N–H and O–H groups in total. The molecule has 0 saturated carbocycles. The number of aromatic nitrogens is 1. The second-order valence-electron chi connectivity index (χ2n) is 4.56. The minimum Gasteiger partial charge on any atom is -0.324 e. The molecule has 8 heteroatoms. The van der Waals surface area contributed by atoms with Crippen LogP contribution in [0.2, 0.25) is 0 Å². The van der Waals surface area contributed by atoms with E-state index in [0.29, 0.717) is 5.69 Å². The van der Waals surface area contributed by atoms with Crippen LogP contribution in [0.25, 0.3) is 0 Å². The van der Waals surface area contributed by atoms with Gasteiger partial charge in [0, 0.05) is 17.8 Å². The first-order valence-electron chi connectivity index (χ1n) is 6.31. The fourth-order valence-electron chi connectivity index (χ4n) is 1.81. The largest absolute Gasteiger partial charge is 0.324 e. The van der Waals surface area contributed by atoms with Crippen molar-refractivity contribution in [3.05, 3.63) is 68.9 Å². The normalized spacial score (nSPS) is 11.7. The number of benzene rings is 1. The molecule has 1 unspecified atom stereocenters. The highest BCUT2D eigenvalue weighted by molar-refractivity contribution is 5.93. The summed E-state index contributed by atoms with van der Waals surface area (Å²) in [5.41, 5.74) is -0.467. The Morgan fingerprint density at radius 1 is 1.27 bits per heavy atom. The number of anilines is 1. The number of hydrogen-bond donors (Lipinski definition) is 1. The van der Waals surface area contributed by atoms with Crippen LogP contribution in [0.4, 0.5) is 15.8 Å². The van der Waals surface area contributed by atoms with E-state index in [1.807, 2.05) is 0 Å². The maximum absolute atomic E-state index is 12.8. The van der Waals surface area contributed by atoms with Gasteiger partial charge in [0.15, 0.2) is 0 Å². The van der Waals surface area contributed by atoms with Crippen LogP contribution in [0.3, 0.4) is 0 Å². The summed E-state index contributed by atoms with van der Waals surface area (Å²) < 4.78 is 13.8. The van der Waals surface area contributed by atoms with Gasteiger partial charge >= 0.3 is 0 Å². The Hall–Kier alpha value is -3.03. The number of halogens is 1. The van der Waals surface area contributed by atoms with Crippen molar-refractivity contribution in [3.8, 4) is 0 Å². The van der Waals surface area contributed by atoms with Gasteiger partial charge in [-0.15, -0.1) is 0 Å². The maximum atomic E-state index is 12.8. The Bertz CT molecular complexity index is 770. The molecule has 0 aliphatic carbocycles. The summed E-state index contributed by atoms with van der Waals surface area (Å²) in [7, 11) is 0. The number of amides is 1. The molecule has 1 amide bonds. The summed E-state index contributed by atoms with van der Waals surface area (Å²) in [6, 6.07) is 6.24. The van der Waals surface area contributed by atoms with Crippen molar-refractivity contribution in [1.82, 2.24) is 4.57 Å². The highest BCUT2D eigenvalue weighted by Gasteiger charge is 2.18. The Morgan fingerprint density at radius 3 is 2.50 bits per heavy atom. The quantitative estimate of drug-likeness (QED) is 0.691. The first kappa shape index (κ1) is 15.4. The molecule has 0 saturated heterocycles. The number of nitrogens with zero attached hydrogens (tertiary/aromatic N) is 2. The molecule has 0 radical (unpaired) electrons. The van der Waals surface area contributed by atoms with Gasteiger partial charge in [-0.2, -0.15) is 0 Å². The Morgan fingerprint density at radius 2 is 1.91 bits per heavy atom. The van der Waals surface area contributed by atoms with E-state index in [0.717, 1.165) is 22.9 Å². The Balaban J connectivity index is 2.23. The topological polar surface area (TPSA) is 94.2 Å². The van der Waals surface area contributed by atoms with E-state index in [1.165, 1.54) is 31.2 Å². The summed E-state index contributed by atoms with van der Waals surface area (Å²) in [6.07, 6.45) is 1.01. The molecule has 1 heterocycles. The predicted octanol–water partition coefficient (Wildman–Crippen LogP) is 2.10. The molecular formula is C14H12FN3O4. The van der Waals surface area contributed by atoms with Crippen molar-refractivity contribution in [2.45, 2.75) is 13.0 Å². The SMILES string of the molecule is CC(C(=O)Nc1ccc(F)cc1)n1cc([N+](=O)[O-])ccc1=O. The lowest BCUT2D eigenvalue weighted by atomic mass is 10.2. The van der Waals surface area contributed by atoms with Crippen LogP contribution >= 0.6 is 0 Å². The van der Waals surface area contributed by atoms with E-state index in [9.17, 15) is 24.1 Å². The van der Waals surface area contributed by atoms with E-state index >= 15 is 0 Å². The molecule has 1 aromatic carbocycles. The molecule has 22 heavy (non-hydrogen) atoms. The third-order valence-electron chi connectivity index (χ3n) is 3.04. The number of nitrogens with one attached hydrogen (secondary N) is 1. The molecule has 1 atom stereocenters. The average molecular weight is 305 g/mol. The fraction of sp³-hybridized carbons (Fsp3) is 0.143. The number of hydrogen-bond acceptors (Lipinski definition) is 4. The lowest BCUT2D eigenvalue weighted by Crippen LogP contribution is -2.31. The zero-order chi connectivity index (χ0) is 16.3. The van der Waals surface area contributed by atoms with E-state index < -0.39 is 28.2 Å². The van der Waals surface area contributed by atoms with Crippen LogP contribution < -0.4 is 10.9 Å². The molecule has 0 spiro atoms. The van der Waals surface area contributed by atoms with Crippen molar-refractivity contribution in [3.63, 3.8) is 0 Å². The fourth-order valence-corrected chi connectivity index (χ4v) is 1.81. The lowest BCUT2D eigenvalue weighted by molar-refractivity contribution is -0.385. The summed E-state index contributed by atoms with van der Waals surface area (Å²) in [6.45, 7) is 1.43. The van der Waals surface area contributed by atoms with Crippen LogP contribution in [0.15, 0.2) is 47.4 Å². The van der Waals surface area contributed by atoms with Gasteiger partial charge in [0.1, 0.15) is 11.9 Å². The van der Waals surface area contributed by atoms with Crippen molar-refractivity contribution >= 4 is 17.3 Å². The van der Waals surface area contributed by atoms with Crippen LogP contribution in [0.1, 0.15) is 13.0 Å². The third kappa shape index (κ3) is 3.35. The Kier molecular flexibility index (Phi) is 4.31. The number of carbonyl (C=O) groups excluding carboxylic acids is 1. The minimum atomic E-state index is -0.961. The maximum Gasteiger partial charge on any atom is 0.285 e. The lowest BCUT2D eigenvalue weighted by Gasteiger charge is -2.14. The van der Waals surface area contributed by atoms with Gasteiger partial charge in [-0.25, -0.2) is 4.39 Å². The van der Waals surface area contributed by atoms with Gasteiger partial charge in [-0.1, -0.05) is 0 Å². The van der Waals surface area contributed by atoms with Crippen molar-refractivity contribution in [2.24, 2.45) is 0 Å². The monoisotopic (exact) mass is 305 g/mol. The molecule has 2 aromatic rings. The number of nitro groups is 1. The van der Waals surface area contributed by atoms with Gasteiger partial charge in [-0.3, -0.25) is 24.3 Å². The van der Waals surface area contributed by atoms with Crippen LogP contribution in [0.5, 0.6) is 0 Å². The Labute approximate surface area is 124 Å². The van der Waals surface area contributed by atoms with Crippen LogP contribution in [-0.2, 0) is 4.79 Å². The summed E-state index contributed by atoms with van der Waals surface area (Å²) in [5, 5.41) is 13.2. The van der Waals surface area contributed by atoms with E-state index in [1.54, 1.807) is 0 Å². The minimum absolute atomic E-state index is 0.291. The van der Waals surface area contributed by atoms with Crippen molar-refractivity contribution in [2.75, 3.05) is 5.32 Å². The zero-order valence-corrected chi connectivity index (χ0v) is 11.5. The molecule has 114 valence electrons.